The summed E-state index contributed by atoms with van der Waals surface area (Å²) in [4.78, 5) is 29.7. The lowest BCUT2D eigenvalue weighted by molar-refractivity contribution is 0.0793. The fraction of sp³-hybridized carbons (Fsp3) is 0.357. The standard InChI is InChI=1S/C28H29ClN4O4S/c29-22-5-3-6-23(15-22)38(36,37)30-24-14-20(28(35)31-11-1-2-12-31)9-10-26(24)32-16-19-13-21(18-32)25-7-4-8-27(34)33(25)17-19/h3-10,14-15,19,21,30H,1-2,11-13,16-18H2. The lowest BCUT2D eigenvalue weighted by Gasteiger charge is -2.44. The number of nitrogens with one attached hydrogen (secondary N) is 1. The first-order valence-electron chi connectivity index (χ1n) is 12.9. The molecule has 3 aliphatic rings. The molecule has 3 aliphatic heterocycles. The fourth-order valence-electron chi connectivity index (χ4n) is 6.06. The van der Waals surface area contributed by atoms with Crippen molar-refractivity contribution in [3.05, 3.63) is 87.3 Å². The molecule has 4 heterocycles. The number of aromatic nitrogens is 1. The van der Waals surface area contributed by atoms with Gasteiger partial charge in [-0.25, -0.2) is 8.42 Å². The molecule has 198 valence electrons. The Morgan fingerprint density at radius 3 is 2.53 bits per heavy atom. The van der Waals surface area contributed by atoms with Gasteiger partial charge in [0, 0.05) is 61.0 Å². The number of carbonyl (C=O) groups excluding carboxylic acids is 1. The lowest BCUT2D eigenvalue weighted by Crippen LogP contribution is -2.47. The highest BCUT2D eigenvalue weighted by Crippen LogP contribution is 2.40. The van der Waals surface area contributed by atoms with E-state index in [0.29, 0.717) is 49.0 Å². The van der Waals surface area contributed by atoms with Crippen LogP contribution in [0.1, 0.15) is 41.2 Å². The summed E-state index contributed by atoms with van der Waals surface area (Å²) < 4.78 is 31.4. The zero-order valence-electron chi connectivity index (χ0n) is 20.8. The monoisotopic (exact) mass is 552 g/mol. The Balaban J connectivity index is 1.38. The van der Waals surface area contributed by atoms with E-state index < -0.39 is 10.0 Å². The van der Waals surface area contributed by atoms with E-state index in [0.717, 1.165) is 30.6 Å². The third kappa shape index (κ3) is 4.69. The molecular formula is C28H29ClN4O4S. The third-order valence-electron chi connectivity index (χ3n) is 7.81. The van der Waals surface area contributed by atoms with E-state index in [4.69, 9.17) is 11.6 Å². The van der Waals surface area contributed by atoms with Crippen molar-refractivity contribution in [2.45, 2.75) is 36.6 Å². The van der Waals surface area contributed by atoms with Gasteiger partial charge in [-0.1, -0.05) is 23.7 Å². The maximum Gasteiger partial charge on any atom is 0.262 e. The van der Waals surface area contributed by atoms with Crippen molar-refractivity contribution in [1.82, 2.24) is 9.47 Å². The van der Waals surface area contributed by atoms with E-state index in [9.17, 15) is 18.0 Å². The normalized spacial score (nSPS) is 20.8. The van der Waals surface area contributed by atoms with E-state index in [-0.39, 0.29) is 28.2 Å². The lowest BCUT2D eigenvalue weighted by atomic mass is 9.83. The highest BCUT2D eigenvalue weighted by Gasteiger charge is 2.36. The van der Waals surface area contributed by atoms with Gasteiger partial charge in [-0.05, 0) is 67.6 Å². The summed E-state index contributed by atoms with van der Waals surface area (Å²) >= 11 is 6.08. The highest BCUT2D eigenvalue weighted by molar-refractivity contribution is 7.92. The van der Waals surface area contributed by atoms with Crippen molar-refractivity contribution in [3.8, 4) is 0 Å². The Labute approximate surface area is 226 Å². The molecule has 1 N–H and O–H groups in total. The van der Waals surface area contributed by atoms with Crippen molar-refractivity contribution in [1.29, 1.82) is 0 Å². The molecule has 2 fully saturated rings. The van der Waals surface area contributed by atoms with Gasteiger partial charge in [0.1, 0.15) is 0 Å². The second-order valence-electron chi connectivity index (χ2n) is 10.4. The van der Waals surface area contributed by atoms with E-state index >= 15 is 0 Å². The molecule has 0 aliphatic carbocycles. The molecule has 2 saturated heterocycles. The molecule has 2 atom stereocenters. The predicted molar refractivity (Wildman–Crippen MR) is 148 cm³/mol. The van der Waals surface area contributed by atoms with Crippen molar-refractivity contribution in [3.63, 3.8) is 0 Å². The van der Waals surface area contributed by atoms with Gasteiger partial charge in [0.25, 0.3) is 21.5 Å². The van der Waals surface area contributed by atoms with Gasteiger partial charge < -0.3 is 14.4 Å². The Morgan fingerprint density at radius 1 is 0.947 bits per heavy atom. The van der Waals surface area contributed by atoms with Gasteiger partial charge in [0.15, 0.2) is 0 Å². The summed E-state index contributed by atoms with van der Waals surface area (Å²) in [7, 11) is -3.96. The van der Waals surface area contributed by atoms with E-state index in [1.54, 1.807) is 36.4 Å². The Bertz CT molecular complexity index is 1570. The van der Waals surface area contributed by atoms with E-state index in [1.807, 2.05) is 21.6 Å². The van der Waals surface area contributed by atoms with Crippen LogP contribution in [0.2, 0.25) is 5.02 Å². The molecule has 2 unspecified atom stereocenters. The smallest absolute Gasteiger partial charge is 0.262 e. The summed E-state index contributed by atoms with van der Waals surface area (Å²) in [6.07, 6.45) is 2.92. The Morgan fingerprint density at radius 2 is 1.74 bits per heavy atom. The van der Waals surface area contributed by atoms with Crippen LogP contribution in [0.3, 0.4) is 0 Å². The number of anilines is 2. The molecule has 3 aromatic rings. The number of sulfonamides is 1. The minimum Gasteiger partial charge on any atom is -0.369 e. The molecular weight excluding hydrogens is 524 g/mol. The van der Waals surface area contributed by atoms with Gasteiger partial charge in [-0.15, -0.1) is 0 Å². The third-order valence-corrected chi connectivity index (χ3v) is 9.41. The molecule has 1 aromatic heterocycles. The average molecular weight is 553 g/mol. The van der Waals surface area contributed by atoms with Crippen molar-refractivity contribution < 1.29 is 13.2 Å². The van der Waals surface area contributed by atoms with Crippen molar-refractivity contribution in [2.24, 2.45) is 5.92 Å². The number of amides is 1. The minimum atomic E-state index is -3.96. The van der Waals surface area contributed by atoms with Crippen molar-refractivity contribution >= 4 is 38.9 Å². The number of benzene rings is 2. The highest BCUT2D eigenvalue weighted by atomic mass is 35.5. The second-order valence-corrected chi connectivity index (χ2v) is 12.5. The molecule has 0 saturated carbocycles. The van der Waals surface area contributed by atoms with Crippen LogP contribution >= 0.6 is 11.6 Å². The molecule has 8 nitrogen and oxygen atoms in total. The van der Waals surface area contributed by atoms with E-state index in [1.165, 1.54) is 12.1 Å². The minimum absolute atomic E-state index is 0.0189. The second kappa shape index (κ2) is 9.78. The Kier molecular flexibility index (Phi) is 6.44. The van der Waals surface area contributed by atoms with Crippen molar-refractivity contribution in [2.75, 3.05) is 35.8 Å². The van der Waals surface area contributed by atoms with Gasteiger partial charge in [0.05, 0.1) is 16.3 Å². The molecule has 2 aromatic carbocycles. The summed E-state index contributed by atoms with van der Waals surface area (Å²) in [5, 5.41) is 0.323. The number of piperidine rings is 1. The number of fused-ring (bicyclic) bond motifs is 4. The summed E-state index contributed by atoms with van der Waals surface area (Å²) in [5.74, 6) is 0.311. The summed E-state index contributed by atoms with van der Waals surface area (Å²) in [6, 6.07) is 16.8. The summed E-state index contributed by atoms with van der Waals surface area (Å²) in [6.45, 7) is 3.38. The predicted octanol–water partition coefficient (Wildman–Crippen LogP) is 4.16. The molecule has 38 heavy (non-hydrogen) atoms. The number of nitrogens with zero attached hydrogens (tertiary/aromatic N) is 3. The topological polar surface area (TPSA) is 91.7 Å². The van der Waals surface area contributed by atoms with Crippen LogP contribution in [0.4, 0.5) is 11.4 Å². The Hall–Kier alpha value is -3.30. The molecule has 2 bridgehead atoms. The zero-order chi connectivity index (χ0) is 26.4. The SMILES string of the molecule is O=C(c1ccc(N2CC3CC(C2)c2cccc(=O)n2C3)c(NS(=O)(=O)c2cccc(Cl)c2)c1)N1CCCC1. The van der Waals surface area contributed by atoms with Crippen LogP contribution in [0, 0.1) is 5.92 Å². The first kappa shape index (κ1) is 25.0. The number of hydrogen-bond donors (Lipinski definition) is 1. The largest absolute Gasteiger partial charge is 0.369 e. The fourth-order valence-corrected chi connectivity index (χ4v) is 7.43. The number of hydrogen-bond acceptors (Lipinski definition) is 5. The van der Waals surface area contributed by atoms with Crippen LogP contribution in [-0.2, 0) is 16.6 Å². The maximum atomic E-state index is 13.4. The molecule has 10 heteroatoms. The van der Waals surface area contributed by atoms with Crippen LogP contribution in [-0.4, -0.2) is 50.0 Å². The first-order chi connectivity index (χ1) is 18.3. The molecule has 1 amide bonds. The van der Waals surface area contributed by atoms with Crippen LogP contribution in [0.25, 0.3) is 0 Å². The van der Waals surface area contributed by atoms with Crippen LogP contribution in [0.5, 0.6) is 0 Å². The van der Waals surface area contributed by atoms with Crippen LogP contribution < -0.4 is 15.2 Å². The number of rotatable bonds is 5. The van der Waals surface area contributed by atoms with Gasteiger partial charge in [-0.3, -0.25) is 14.3 Å². The first-order valence-corrected chi connectivity index (χ1v) is 14.8. The zero-order valence-corrected chi connectivity index (χ0v) is 22.4. The molecule has 0 radical (unpaired) electrons. The number of carbonyl (C=O) groups is 1. The quantitative estimate of drug-likeness (QED) is 0.513. The van der Waals surface area contributed by atoms with E-state index in [2.05, 4.69) is 9.62 Å². The number of pyridine rings is 1. The maximum absolute atomic E-state index is 13.4. The summed E-state index contributed by atoms with van der Waals surface area (Å²) in [5.41, 5.74) is 2.56. The van der Waals surface area contributed by atoms with Gasteiger partial charge in [0.2, 0.25) is 0 Å². The average Bonchev–Trinajstić information content (AvgIpc) is 3.44. The molecule has 0 spiro atoms. The van der Waals surface area contributed by atoms with Crippen LogP contribution in [0.15, 0.2) is 70.4 Å². The van der Waals surface area contributed by atoms with Gasteiger partial charge >= 0.3 is 0 Å². The van der Waals surface area contributed by atoms with Gasteiger partial charge in [-0.2, -0.15) is 0 Å². The number of halogens is 1. The number of likely N-dealkylation sites (tertiary alicyclic amines) is 1. The molecule has 6 rings (SSSR count).